The van der Waals surface area contributed by atoms with Gasteiger partial charge in [-0.05, 0) is 42.5 Å². The molecule has 0 fully saturated rings. The molecule has 0 aliphatic heterocycles. The fourth-order valence-electron chi connectivity index (χ4n) is 3.69. The second-order valence-corrected chi connectivity index (χ2v) is 9.98. The summed E-state index contributed by atoms with van der Waals surface area (Å²) in [6.45, 7) is 0. The Hall–Kier alpha value is -5.29. The van der Waals surface area contributed by atoms with Crippen molar-refractivity contribution in [1.29, 1.82) is 0 Å². The Labute approximate surface area is 294 Å². The van der Waals surface area contributed by atoms with E-state index in [9.17, 15) is 40.3 Å². The van der Waals surface area contributed by atoms with Gasteiger partial charge in [0, 0.05) is 28.2 Å². The number of methoxy groups -OCH3 is 4. The summed E-state index contributed by atoms with van der Waals surface area (Å²) in [5.74, 6) is -1.49. The van der Waals surface area contributed by atoms with E-state index in [0.29, 0.717) is 12.6 Å². The van der Waals surface area contributed by atoms with Gasteiger partial charge in [0.05, 0.1) is 39.6 Å². The number of aromatic hydroxyl groups is 1. The van der Waals surface area contributed by atoms with Gasteiger partial charge in [-0.15, -0.1) is 26.3 Å². The number of halogens is 9. The highest BCUT2D eigenvalue weighted by atomic mass is 35.5. The summed E-state index contributed by atoms with van der Waals surface area (Å²) in [5.41, 5.74) is -0.0218. The van der Waals surface area contributed by atoms with Gasteiger partial charge < -0.3 is 38.3 Å². The lowest BCUT2D eigenvalue weighted by atomic mass is 10.2. The van der Waals surface area contributed by atoms with Crippen molar-refractivity contribution in [3.63, 3.8) is 0 Å². The third-order valence-electron chi connectivity index (χ3n) is 5.77. The Balaban J connectivity index is 0.000000292. The number of phenols is 1. The molecule has 0 heterocycles. The Morgan fingerprint density at radius 1 is 0.569 bits per heavy atom. The molecule has 0 aliphatic carbocycles. The van der Waals surface area contributed by atoms with E-state index in [1.165, 1.54) is 52.7 Å². The van der Waals surface area contributed by atoms with Crippen molar-refractivity contribution in [3.8, 4) is 51.7 Å². The Bertz CT molecular complexity index is 1800. The second kappa shape index (κ2) is 18.6. The SMILES string of the molecule is COc1cc(Cl)cc(F)c1C=O.COc1cc(OC(F)(F)F)ccc1O.COc1cc(OC(F)(F)F)ccc1Oc1cc(Cl)cc(OC)c1C=O. The van der Waals surface area contributed by atoms with E-state index in [4.69, 9.17) is 47.3 Å². The number of rotatable bonds is 10. The van der Waals surface area contributed by atoms with Crippen molar-refractivity contribution in [1.82, 2.24) is 0 Å². The lowest BCUT2D eigenvalue weighted by Gasteiger charge is -2.15. The maximum atomic E-state index is 12.9. The average molecular weight is 773 g/mol. The van der Waals surface area contributed by atoms with Crippen LogP contribution >= 0.6 is 23.2 Å². The normalized spacial score (nSPS) is 10.7. The summed E-state index contributed by atoms with van der Waals surface area (Å²) in [6, 6.07) is 11.5. The standard InChI is InChI=1S/C16H12ClF3O5.C8H6ClFO2.C8H7F3O3/c1-22-13-5-9(17)6-14(11(13)8-21)24-12-4-3-10(7-15(12)23-2)25-16(18,19)20;1-12-8-3-5(9)2-7(10)6(8)4-11;1-13-7-4-5(2-3-6(7)12)14-8(9,10)11/h3-8H,1-2H3;2-4H,1H3;2-4,12H,1H3. The monoisotopic (exact) mass is 772 g/mol. The van der Waals surface area contributed by atoms with E-state index in [-0.39, 0.29) is 61.4 Å². The third-order valence-corrected chi connectivity index (χ3v) is 6.21. The van der Waals surface area contributed by atoms with Crippen molar-refractivity contribution in [2.75, 3.05) is 28.4 Å². The van der Waals surface area contributed by atoms with E-state index < -0.39 is 30.0 Å². The molecule has 0 unspecified atom stereocenters. The van der Waals surface area contributed by atoms with Crippen molar-refractivity contribution in [2.45, 2.75) is 12.7 Å². The van der Waals surface area contributed by atoms with Gasteiger partial charge in [0.2, 0.25) is 0 Å². The van der Waals surface area contributed by atoms with E-state index in [1.807, 2.05) is 0 Å². The minimum absolute atomic E-state index is 0.0301. The minimum atomic E-state index is -4.83. The van der Waals surface area contributed by atoms with Gasteiger partial charge in [-0.2, -0.15) is 0 Å². The first kappa shape index (κ1) is 41.9. The lowest BCUT2D eigenvalue weighted by molar-refractivity contribution is -0.275. The third kappa shape index (κ3) is 13.2. The number of carbonyl (C=O) groups excluding carboxylic acids is 2. The molecular weight excluding hydrogens is 748 g/mol. The van der Waals surface area contributed by atoms with Crippen LogP contribution in [0.25, 0.3) is 0 Å². The second-order valence-electron chi connectivity index (χ2n) is 9.10. The molecule has 0 saturated carbocycles. The molecule has 0 spiro atoms. The van der Waals surface area contributed by atoms with E-state index >= 15 is 0 Å². The number of phenolic OH excluding ortho intramolecular Hbond substituents is 1. The first-order chi connectivity index (χ1) is 23.9. The molecule has 0 saturated heterocycles. The van der Waals surface area contributed by atoms with Crippen LogP contribution in [0.3, 0.4) is 0 Å². The zero-order valence-corrected chi connectivity index (χ0v) is 28.0. The number of benzene rings is 4. The minimum Gasteiger partial charge on any atom is -0.504 e. The average Bonchev–Trinajstić information content (AvgIpc) is 3.04. The number of ether oxygens (including phenoxy) is 7. The van der Waals surface area contributed by atoms with Crippen LogP contribution in [-0.4, -0.2) is 58.8 Å². The van der Waals surface area contributed by atoms with Gasteiger partial charge >= 0.3 is 12.7 Å². The quantitative estimate of drug-likeness (QED) is 0.123. The van der Waals surface area contributed by atoms with Crippen molar-refractivity contribution in [2.24, 2.45) is 0 Å². The topological polar surface area (TPSA) is 119 Å². The molecule has 4 aromatic carbocycles. The zero-order valence-electron chi connectivity index (χ0n) is 26.5. The van der Waals surface area contributed by atoms with Gasteiger partial charge in [-0.1, -0.05) is 23.2 Å². The highest BCUT2D eigenvalue weighted by Gasteiger charge is 2.32. The molecule has 0 bridgehead atoms. The molecule has 0 aliphatic rings. The molecule has 51 heavy (non-hydrogen) atoms. The molecule has 0 radical (unpaired) electrons. The highest BCUT2D eigenvalue weighted by molar-refractivity contribution is 6.31. The van der Waals surface area contributed by atoms with Gasteiger partial charge in [0.1, 0.15) is 34.6 Å². The Morgan fingerprint density at radius 2 is 1.00 bits per heavy atom. The summed E-state index contributed by atoms with van der Waals surface area (Å²) in [4.78, 5) is 21.6. The number of aldehydes is 2. The number of carbonyl (C=O) groups is 2. The molecule has 0 amide bonds. The first-order valence-corrected chi connectivity index (χ1v) is 14.2. The number of hydrogen-bond donors (Lipinski definition) is 1. The lowest BCUT2D eigenvalue weighted by Crippen LogP contribution is -2.17. The summed E-state index contributed by atoms with van der Waals surface area (Å²) < 4.78 is 117. The van der Waals surface area contributed by atoms with Crippen LogP contribution in [0, 0.1) is 5.82 Å². The molecule has 19 heteroatoms. The summed E-state index contributed by atoms with van der Waals surface area (Å²) >= 11 is 11.5. The van der Waals surface area contributed by atoms with Gasteiger partial charge in [0.25, 0.3) is 0 Å². The maximum Gasteiger partial charge on any atom is 0.573 e. The zero-order chi connectivity index (χ0) is 38.5. The van der Waals surface area contributed by atoms with Crippen molar-refractivity contribution >= 4 is 35.8 Å². The van der Waals surface area contributed by atoms with Crippen LogP contribution < -0.4 is 33.2 Å². The van der Waals surface area contributed by atoms with Crippen LogP contribution in [0.15, 0.2) is 60.7 Å². The Morgan fingerprint density at radius 3 is 1.47 bits per heavy atom. The van der Waals surface area contributed by atoms with E-state index in [2.05, 4.69) is 14.2 Å². The molecule has 0 atom stereocenters. The van der Waals surface area contributed by atoms with Crippen molar-refractivity contribution < 1.29 is 78.6 Å². The molecule has 4 rings (SSSR count). The van der Waals surface area contributed by atoms with Crippen LogP contribution in [0.2, 0.25) is 10.0 Å². The van der Waals surface area contributed by atoms with Crippen LogP contribution in [0.1, 0.15) is 20.7 Å². The Kier molecular flexibility index (Phi) is 15.3. The van der Waals surface area contributed by atoms with Crippen molar-refractivity contribution in [3.05, 3.63) is 87.7 Å². The molecule has 0 aromatic heterocycles. The predicted molar refractivity (Wildman–Crippen MR) is 168 cm³/mol. The number of alkyl halides is 6. The summed E-state index contributed by atoms with van der Waals surface area (Å²) in [6.07, 6.45) is -8.68. The molecule has 276 valence electrons. The summed E-state index contributed by atoms with van der Waals surface area (Å²) in [5, 5.41) is 9.52. The van der Waals surface area contributed by atoms with Crippen LogP contribution in [0.5, 0.6) is 51.7 Å². The molecule has 1 N–H and O–H groups in total. The maximum absolute atomic E-state index is 12.9. The fraction of sp³-hybridized carbons (Fsp3) is 0.188. The largest absolute Gasteiger partial charge is 0.573 e. The molecular formula is C32H25Cl2F7O10. The van der Waals surface area contributed by atoms with E-state index in [1.54, 1.807) is 0 Å². The molecule has 10 nitrogen and oxygen atoms in total. The predicted octanol–water partition coefficient (Wildman–Crippen LogP) is 9.46. The van der Waals surface area contributed by atoms with Crippen LogP contribution in [-0.2, 0) is 0 Å². The van der Waals surface area contributed by atoms with Gasteiger partial charge in [-0.3, -0.25) is 9.59 Å². The summed E-state index contributed by atoms with van der Waals surface area (Å²) in [7, 11) is 5.18. The first-order valence-electron chi connectivity index (χ1n) is 13.4. The van der Waals surface area contributed by atoms with E-state index in [0.717, 1.165) is 36.4 Å². The van der Waals surface area contributed by atoms with Crippen LogP contribution in [0.4, 0.5) is 30.7 Å². The van der Waals surface area contributed by atoms with Gasteiger partial charge in [0.15, 0.2) is 35.6 Å². The highest BCUT2D eigenvalue weighted by Crippen LogP contribution is 2.40. The van der Waals surface area contributed by atoms with Gasteiger partial charge in [-0.25, -0.2) is 4.39 Å². The molecule has 4 aromatic rings. The smallest absolute Gasteiger partial charge is 0.504 e. The fourth-order valence-corrected chi connectivity index (χ4v) is 4.08. The number of hydrogen-bond acceptors (Lipinski definition) is 10.